The molecule has 1 heterocycles. The van der Waals surface area contributed by atoms with Gasteiger partial charge < -0.3 is 5.11 Å². The minimum atomic E-state index is -0.401. The number of aromatic nitrogens is 1. The highest BCUT2D eigenvalue weighted by atomic mass is 32.2. The molecule has 0 spiro atoms. The van der Waals surface area contributed by atoms with Crippen molar-refractivity contribution in [2.24, 2.45) is 0 Å². The number of pyridine rings is 1. The largest absolute Gasteiger partial charge is 0.392 e. The first kappa shape index (κ1) is 12.4. The molecule has 1 aliphatic rings. The van der Waals surface area contributed by atoms with Crippen LogP contribution in [0.5, 0.6) is 0 Å². The van der Waals surface area contributed by atoms with E-state index in [2.05, 4.69) is 11.1 Å². The fourth-order valence-electron chi connectivity index (χ4n) is 1.90. The summed E-state index contributed by atoms with van der Waals surface area (Å²) in [6.07, 6.45) is 2.78. The normalized spacial score (nSPS) is 17.3. The lowest BCUT2D eigenvalue weighted by molar-refractivity contribution is 0.196. The van der Waals surface area contributed by atoms with E-state index in [1.165, 1.54) is 17.3 Å². The number of thioether (sulfide) groups is 1. The average Bonchev–Trinajstić information content (AvgIpc) is 2.74. The molecule has 1 aromatic rings. The molecule has 90 valence electrons. The standard InChI is InChI=1S/C13H16N2OS/c1-8(16)9(2)17-13-11(7-14)6-10-4-3-5-12(10)15-13/h6,8-9,16H,3-5H2,1-2H3. The van der Waals surface area contributed by atoms with Crippen molar-refractivity contribution >= 4 is 11.8 Å². The van der Waals surface area contributed by atoms with Gasteiger partial charge in [0.25, 0.3) is 0 Å². The Morgan fingerprint density at radius 1 is 1.47 bits per heavy atom. The molecule has 3 nitrogen and oxygen atoms in total. The zero-order chi connectivity index (χ0) is 12.4. The van der Waals surface area contributed by atoms with E-state index in [1.54, 1.807) is 6.92 Å². The summed E-state index contributed by atoms with van der Waals surface area (Å²) < 4.78 is 0. The molecular weight excluding hydrogens is 232 g/mol. The molecule has 1 N–H and O–H groups in total. The molecule has 0 radical (unpaired) electrons. The second-order valence-electron chi connectivity index (χ2n) is 4.48. The lowest BCUT2D eigenvalue weighted by atomic mass is 10.2. The fourth-order valence-corrected chi connectivity index (χ4v) is 2.84. The van der Waals surface area contributed by atoms with Crippen LogP contribution >= 0.6 is 11.8 Å². The van der Waals surface area contributed by atoms with Gasteiger partial charge in [0.15, 0.2) is 0 Å². The SMILES string of the molecule is CC(O)C(C)Sc1nc2c(cc1C#N)CCC2. The summed E-state index contributed by atoms with van der Waals surface area (Å²) in [5.74, 6) is 0. The second-order valence-corrected chi connectivity index (χ2v) is 5.84. The van der Waals surface area contributed by atoms with Crippen molar-refractivity contribution in [3.8, 4) is 6.07 Å². The average molecular weight is 248 g/mol. The summed E-state index contributed by atoms with van der Waals surface area (Å²) >= 11 is 1.49. The molecule has 2 atom stereocenters. The molecule has 1 aliphatic carbocycles. The Morgan fingerprint density at radius 3 is 2.88 bits per heavy atom. The number of aryl methyl sites for hydroxylation is 2. The van der Waals surface area contributed by atoms with Crippen molar-refractivity contribution in [3.05, 3.63) is 22.9 Å². The van der Waals surface area contributed by atoms with Crippen molar-refractivity contribution in [1.29, 1.82) is 5.26 Å². The van der Waals surface area contributed by atoms with Crippen molar-refractivity contribution in [1.82, 2.24) is 4.98 Å². The smallest absolute Gasteiger partial charge is 0.114 e. The molecule has 4 heteroatoms. The first-order chi connectivity index (χ1) is 8.11. The highest BCUT2D eigenvalue weighted by Crippen LogP contribution is 2.30. The lowest BCUT2D eigenvalue weighted by Gasteiger charge is -2.14. The summed E-state index contributed by atoms with van der Waals surface area (Å²) in [6, 6.07) is 4.17. The molecule has 17 heavy (non-hydrogen) atoms. The number of aliphatic hydroxyl groups is 1. The first-order valence-corrected chi connectivity index (χ1v) is 6.77. The molecule has 0 bridgehead atoms. The van der Waals surface area contributed by atoms with Crippen LogP contribution in [-0.4, -0.2) is 21.4 Å². The van der Waals surface area contributed by atoms with Gasteiger partial charge in [-0.2, -0.15) is 5.26 Å². The van der Waals surface area contributed by atoms with Crippen LogP contribution in [0.15, 0.2) is 11.1 Å². The molecule has 2 unspecified atom stereocenters. The number of fused-ring (bicyclic) bond motifs is 1. The summed E-state index contributed by atoms with van der Waals surface area (Å²) in [5.41, 5.74) is 2.99. The third-order valence-corrected chi connectivity index (χ3v) is 4.41. The van der Waals surface area contributed by atoms with Crippen LogP contribution < -0.4 is 0 Å². The molecule has 0 saturated heterocycles. The van der Waals surface area contributed by atoms with Gasteiger partial charge in [-0.15, -0.1) is 0 Å². The summed E-state index contributed by atoms with van der Waals surface area (Å²) in [7, 11) is 0. The molecule has 0 fully saturated rings. The molecule has 2 rings (SSSR count). The Morgan fingerprint density at radius 2 is 2.24 bits per heavy atom. The molecule has 0 saturated carbocycles. The monoisotopic (exact) mass is 248 g/mol. The molecule has 0 aromatic carbocycles. The number of hydrogen-bond donors (Lipinski definition) is 1. The zero-order valence-corrected chi connectivity index (χ0v) is 10.9. The molecule has 1 aromatic heterocycles. The van der Waals surface area contributed by atoms with Gasteiger partial charge >= 0.3 is 0 Å². The zero-order valence-electron chi connectivity index (χ0n) is 10.1. The predicted octanol–water partition coefficient (Wildman–Crippen LogP) is 2.30. The maximum absolute atomic E-state index is 9.51. The topological polar surface area (TPSA) is 56.9 Å². The van der Waals surface area contributed by atoms with Crippen LogP contribution in [0.25, 0.3) is 0 Å². The van der Waals surface area contributed by atoms with Gasteiger partial charge in [0, 0.05) is 10.9 Å². The Balaban J connectivity index is 2.30. The summed E-state index contributed by atoms with van der Waals surface area (Å²) in [4.78, 5) is 4.58. The Hall–Kier alpha value is -1.05. The third-order valence-electron chi connectivity index (χ3n) is 3.11. The quantitative estimate of drug-likeness (QED) is 0.834. The van der Waals surface area contributed by atoms with E-state index in [4.69, 9.17) is 5.26 Å². The minimum Gasteiger partial charge on any atom is -0.392 e. The first-order valence-electron chi connectivity index (χ1n) is 5.89. The van der Waals surface area contributed by atoms with E-state index in [9.17, 15) is 5.11 Å². The third kappa shape index (κ3) is 2.62. The summed E-state index contributed by atoms with van der Waals surface area (Å²) in [6.45, 7) is 3.71. The number of nitriles is 1. The maximum Gasteiger partial charge on any atom is 0.114 e. The van der Waals surface area contributed by atoms with E-state index in [1.807, 2.05) is 13.0 Å². The Kier molecular flexibility index (Phi) is 3.70. The van der Waals surface area contributed by atoms with E-state index in [0.717, 1.165) is 30.0 Å². The lowest BCUT2D eigenvalue weighted by Crippen LogP contribution is -2.15. The van der Waals surface area contributed by atoms with Crippen LogP contribution in [0.1, 0.15) is 37.1 Å². The van der Waals surface area contributed by atoms with Crippen molar-refractivity contribution in [3.63, 3.8) is 0 Å². The number of rotatable bonds is 3. The van der Waals surface area contributed by atoms with Gasteiger partial charge in [-0.1, -0.05) is 18.7 Å². The fraction of sp³-hybridized carbons (Fsp3) is 0.538. The van der Waals surface area contributed by atoms with Crippen LogP contribution in [0, 0.1) is 11.3 Å². The van der Waals surface area contributed by atoms with Crippen LogP contribution in [0.4, 0.5) is 0 Å². The van der Waals surface area contributed by atoms with E-state index < -0.39 is 6.10 Å². The van der Waals surface area contributed by atoms with E-state index >= 15 is 0 Å². The molecule has 0 aliphatic heterocycles. The van der Waals surface area contributed by atoms with Crippen molar-refractivity contribution in [2.45, 2.75) is 49.5 Å². The van der Waals surface area contributed by atoms with Crippen LogP contribution in [0.2, 0.25) is 0 Å². The Bertz CT molecular complexity index is 465. The maximum atomic E-state index is 9.51. The number of aliphatic hydroxyl groups excluding tert-OH is 1. The molecular formula is C13H16N2OS. The minimum absolute atomic E-state index is 0.0500. The van der Waals surface area contributed by atoms with Gasteiger partial charge in [-0.25, -0.2) is 4.98 Å². The predicted molar refractivity (Wildman–Crippen MR) is 68.0 cm³/mol. The van der Waals surface area contributed by atoms with Crippen molar-refractivity contribution < 1.29 is 5.11 Å². The van der Waals surface area contributed by atoms with Crippen molar-refractivity contribution in [2.75, 3.05) is 0 Å². The van der Waals surface area contributed by atoms with E-state index in [-0.39, 0.29) is 5.25 Å². The number of hydrogen-bond acceptors (Lipinski definition) is 4. The van der Waals surface area contributed by atoms with Gasteiger partial charge in [0.1, 0.15) is 11.1 Å². The van der Waals surface area contributed by atoms with Gasteiger partial charge in [0.2, 0.25) is 0 Å². The van der Waals surface area contributed by atoms with Crippen LogP contribution in [-0.2, 0) is 12.8 Å². The summed E-state index contributed by atoms with van der Waals surface area (Å²) in [5, 5.41) is 19.5. The molecule has 0 amide bonds. The van der Waals surface area contributed by atoms with Gasteiger partial charge in [-0.3, -0.25) is 0 Å². The van der Waals surface area contributed by atoms with Gasteiger partial charge in [0.05, 0.1) is 11.7 Å². The highest BCUT2D eigenvalue weighted by molar-refractivity contribution is 7.99. The van der Waals surface area contributed by atoms with Crippen LogP contribution in [0.3, 0.4) is 0 Å². The Labute approximate surface area is 106 Å². The highest BCUT2D eigenvalue weighted by Gasteiger charge is 2.19. The number of nitrogens with zero attached hydrogens (tertiary/aromatic N) is 2. The second kappa shape index (κ2) is 5.07. The van der Waals surface area contributed by atoms with E-state index in [0.29, 0.717) is 5.56 Å². The van der Waals surface area contributed by atoms with Gasteiger partial charge in [-0.05, 0) is 37.8 Å².